The first-order valence-corrected chi connectivity index (χ1v) is 6.37. The molecule has 1 saturated heterocycles. The lowest BCUT2D eigenvalue weighted by molar-refractivity contribution is 0.109. The molecule has 0 radical (unpaired) electrons. The molecule has 1 saturated carbocycles. The molecule has 15 heavy (non-hydrogen) atoms. The molecule has 2 aliphatic rings. The van der Waals surface area contributed by atoms with Crippen LogP contribution in [-0.4, -0.2) is 30.6 Å². The molecule has 1 heterocycles. The highest BCUT2D eigenvalue weighted by molar-refractivity contribution is 5.01. The van der Waals surface area contributed by atoms with E-state index >= 15 is 0 Å². The van der Waals surface area contributed by atoms with Gasteiger partial charge in [-0.15, -0.1) is 0 Å². The third kappa shape index (κ3) is 2.73. The number of hydrogen-bond donors (Lipinski definition) is 1. The van der Waals surface area contributed by atoms with Crippen molar-refractivity contribution in [3.8, 4) is 0 Å². The molecule has 2 N–H and O–H groups in total. The number of rotatable bonds is 2. The summed E-state index contributed by atoms with van der Waals surface area (Å²) in [5.41, 5.74) is 7.02. The molecular formula is C13H26N2. The Kier molecular flexibility index (Phi) is 2.85. The summed E-state index contributed by atoms with van der Waals surface area (Å²) in [6.45, 7) is 10.9. The van der Waals surface area contributed by atoms with Crippen molar-refractivity contribution >= 4 is 0 Å². The zero-order valence-electron chi connectivity index (χ0n) is 10.6. The molecule has 2 nitrogen and oxygen atoms in total. The maximum atomic E-state index is 5.90. The molecule has 2 heteroatoms. The van der Waals surface area contributed by atoms with E-state index in [1.165, 1.54) is 45.3 Å². The van der Waals surface area contributed by atoms with Crippen LogP contribution in [0.3, 0.4) is 0 Å². The van der Waals surface area contributed by atoms with E-state index in [0.717, 1.165) is 0 Å². The van der Waals surface area contributed by atoms with Gasteiger partial charge in [-0.3, -0.25) is 0 Å². The lowest BCUT2D eigenvalue weighted by Gasteiger charge is -2.43. The van der Waals surface area contributed by atoms with Gasteiger partial charge in [-0.05, 0) is 49.6 Å². The lowest BCUT2D eigenvalue weighted by Crippen LogP contribution is -2.47. The van der Waals surface area contributed by atoms with Crippen molar-refractivity contribution < 1.29 is 0 Å². The summed E-state index contributed by atoms with van der Waals surface area (Å²) in [6, 6.07) is 0.507. The summed E-state index contributed by atoms with van der Waals surface area (Å²) in [6.07, 6.45) is 5.26. The smallest absolute Gasteiger partial charge is 0.00503 e. The van der Waals surface area contributed by atoms with Gasteiger partial charge in [0.25, 0.3) is 0 Å². The quantitative estimate of drug-likeness (QED) is 0.757. The van der Waals surface area contributed by atoms with Gasteiger partial charge in [0.05, 0.1) is 0 Å². The molecule has 2 fully saturated rings. The Labute approximate surface area is 94.2 Å². The molecule has 0 aromatic carbocycles. The molecule has 0 aromatic rings. The van der Waals surface area contributed by atoms with Gasteiger partial charge < -0.3 is 10.6 Å². The van der Waals surface area contributed by atoms with Crippen LogP contribution in [0.2, 0.25) is 0 Å². The van der Waals surface area contributed by atoms with Crippen molar-refractivity contribution in [2.75, 3.05) is 19.6 Å². The van der Waals surface area contributed by atoms with Crippen LogP contribution < -0.4 is 5.73 Å². The van der Waals surface area contributed by atoms with Crippen molar-refractivity contribution in [1.82, 2.24) is 4.90 Å². The lowest BCUT2D eigenvalue weighted by atomic mass is 9.65. The Bertz CT molecular complexity index is 223. The summed E-state index contributed by atoms with van der Waals surface area (Å²) < 4.78 is 0. The molecule has 1 aliphatic carbocycles. The number of nitrogens with two attached hydrogens (primary N) is 1. The first-order valence-electron chi connectivity index (χ1n) is 6.37. The van der Waals surface area contributed by atoms with Crippen LogP contribution >= 0.6 is 0 Å². The fourth-order valence-corrected chi connectivity index (χ4v) is 3.10. The van der Waals surface area contributed by atoms with Gasteiger partial charge >= 0.3 is 0 Å². The number of likely N-dealkylation sites (tertiary alicyclic amines) is 1. The molecule has 2 rings (SSSR count). The summed E-state index contributed by atoms with van der Waals surface area (Å²) >= 11 is 0. The van der Waals surface area contributed by atoms with Crippen LogP contribution in [0, 0.1) is 10.8 Å². The summed E-state index contributed by atoms with van der Waals surface area (Å²) in [5.74, 6) is 0. The second-order valence-electron chi connectivity index (χ2n) is 7.01. The van der Waals surface area contributed by atoms with Gasteiger partial charge in [0.1, 0.15) is 0 Å². The van der Waals surface area contributed by atoms with Gasteiger partial charge in [0.15, 0.2) is 0 Å². The van der Waals surface area contributed by atoms with Crippen LogP contribution in [0.15, 0.2) is 0 Å². The first-order chi connectivity index (χ1) is 6.89. The Morgan fingerprint density at radius 2 is 2.00 bits per heavy atom. The fourth-order valence-electron chi connectivity index (χ4n) is 3.10. The molecule has 0 amide bonds. The largest absolute Gasteiger partial charge is 0.328 e. The Morgan fingerprint density at radius 3 is 2.53 bits per heavy atom. The first kappa shape index (κ1) is 11.4. The highest BCUT2D eigenvalue weighted by Crippen LogP contribution is 2.47. The van der Waals surface area contributed by atoms with Crippen molar-refractivity contribution in [1.29, 1.82) is 0 Å². The van der Waals surface area contributed by atoms with E-state index in [2.05, 4.69) is 25.7 Å². The van der Waals surface area contributed by atoms with Gasteiger partial charge in [-0.2, -0.15) is 0 Å². The minimum absolute atomic E-state index is 0.478. The van der Waals surface area contributed by atoms with E-state index in [1.807, 2.05) is 0 Å². The van der Waals surface area contributed by atoms with Gasteiger partial charge in [-0.25, -0.2) is 0 Å². The highest BCUT2D eigenvalue weighted by Gasteiger charge is 2.46. The minimum atomic E-state index is 0.478. The molecular weight excluding hydrogens is 184 g/mol. The van der Waals surface area contributed by atoms with E-state index < -0.39 is 0 Å². The van der Waals surface area contributed by atoms with Crippen molar-refractivity contribution in [3.63, 3.8) is 0 Å². The normalized spacial score (nSPS) is 37.2. The molecule has 1 aliphatic heterocycles. The molecule has 0 bridgehead atoms. The van der Waals surface area contributed by atoms with Crippen LogP contribution in [0.4, 0.5) is 0 Å². The number of nitrogens with zero attached hydrogens (tertiary/aromatic N) is 1. The maximum Gasteiger partial charge on any atom is 0.00503 e. The van der Waals surface area contributed by atoms with E-state index in [-0.39, 0.29) is 0 Å². The monoisotopic (exact) mass is 210 g/mol. The van der Waals surface area contributed by atoms with Crippen LogP contribution in [0.5, 0.6) is 0 Å². The number of hydrogen-bond acceptors (Lipinski definition) is 2. The average Bonchev–Trinajstić information content (AvgIpc) is 2.43. The molecule has 0 atom stereocenters. The fraction of sp³-hybridized carbons (Fsp3) is 1.00. The van der Waals surface area contributed by atoms with E-state index in [1.54, 1.807) is 0 Å². The van der Waals surface area contributed by atoms with E-state index in [4.69, 9.17) is 5.73 Å². The SMILES string of the molecule is CC(C)(C)CCN1CCC2(CC(N)C2)C1. The van der Waals surface area contributed by atoms with E-state index in [9.17, 15) is 0 Å². The molecule has 0 aromatic heterocycles. The summed E-state index contributed by atoms with van der Waals surface area (Å²) in [5, 5.41) is 0. The van der Waals surface area contributed by atoms with Gasteiger partial charge in [-0.1, -0.05) is 20.8 Å². The second kappa shape index (κ2) is 3.74. The topological polar surface area (TPSA) is 29.3 Å². The highest BCUT2D eigenvalue weighted by atomic mass is 15.2. The van der Waals surface area contributed by atoms with Crippen LogP contribution in [-0.2, 0) is 0 Å². The third-order valence-electron chi connectivity index (χ3n) is 4.09. The van der Waals surface area contributed by atoms with E-state index in [0.29, 0.717) is 16.9 Å². The predicted molar refractivity (Wildman–Crippen MR) is 64.8 cm³/mol. The zero-order chi connectivity index (χ0) is 11.1. The minimum Gasteiger partial charge on any atom is -0.328 e. The predicted octanol–water partition coefficient (Wildman–Crippen LogP) is 2.24. The Hall–Kier alpha value is -0.0800. The molecule has 1 spiro atoms. The van der Waals surface area contributed by atoms with Crippen molar-refractivity contribution in [2.45, 2.75) is 52.5 Å². The zero-order valence-corrected chi connectivity index (χ0v) is 10.6. The molecule has 0 unspecified atom stereocenters. The summed E-state index contributed by atoms with van der Waals surface area (Å²) in [4.78, 5) is 2.65. The maximum absolute atomic E-state index is 5.90. The van der Waals surface area contributed by atoms with Gasteiger partial charge in [0.2, 0.25) is 0 Å². The van der Waals surface area contributed by atoms with Crippen LogP contribution in [0.1, 0.15) is 46.5 Å². The molecule has 88 valence electrons. The standard InChI is InChI=1S/C13H26N2/c1-12(2,3)4-6-15-7-5-13(10-15)8-11(14)9-13/h11H,4-10,14H2,1-3H3. The van der Waals surface area contributed by atoms with Gasteiger partial charge in [0, 0.05) is 12.6 Å². The summed E-state index contributed by atoms with van der Waals surface area (Å²) in [7, 11) is 0. The average molecular weight is 210 g/mol. The second-order valence-corrected chi connectivity index (χ2v) is 7.01. The van der Waals surface area contributed by atoms with Crippen molar-refractivity contribution in [2.24, 2.45) is 16.6 Å². The Balaban J connectivity index is 1.74. The van der Waals surface area contributed by atoms with Crippen molar-refractivity contribution in [3.05, 3.63) is 0 Å². The Morgan fingerprint density at radius 1 is 1.33 bits per heavy atom. The van der Waals surface area contributed by atoms with Crippen LogP contribution in [0.25, 0.3) is 0 Å². The third-order valence-corrected chi connectivity index (χ3v) is 4.09.